The van der Waals surface area contributed by atoms with Crippen LogP contribution in [0.3, 0.4) is 0 Å². The van der Waals surface area contributed by atoms with Crippen LogP contribution in [0.5, 0.6) is 5.75 Å². The Bertz CT molecular complexity index is 2220. The van der Waals surface area contributed by atoms with Crippen molar-refractivity contribution in [1.82, 2.24) is 15.4 Å². The largest absolute Gasteiger partial charge is 0.504 e. The number of aromatic hydroxyl groups is 1. The summed E-state index contributed by atoms with van der Waals surface area (Å²) in [6.45, 7) is 0. The van der Waals surface area contributed by atoms with E-state index in [0.717, 1.165) is 6.07 Å². The Hall–Kier alpha value is -4.63. The summed E-state index contributed by atoms with van der Waals surface area (Å²) >= 11 is 21.8. The summed E-state index contributed by atoms with van der Waals surface area (Å²) in [4.78, 5) is 28.9. The molecule has 0 aliphatic heterocycles. The van der Waals surface area contributed by atoms with Crippen molar-refractivity contribution in [3.63, 3.8) is 0 Å². The third-order valence-corrected chi connectivity index (χ3v) is 8.93. The molecule has 4 aromatic carbocycles. The summed E-state index contributed by atoms with van der Waals surface area (Å²) in [7, 11) is -4.40. The average molecular weight is 767 g/mol. The smallest absolute Gasteiger partial charge is 0.344 e. The van der Waals surface area contributed by atoms with Gasteiger partial charge in [0.2, 0.25) is 10.0 Å². The van der Waals surface area contributed by atoms with Gasteiger partial charge < -0.3 is 26.4 Å². The monoisotopic (exact) mass is 764 g/mol. The first-order valence-electron chi connectivity index (χ1n) is 12.6. The molecular weight excluding hydrogens is 749 g/mol. The number of phenols is 1. The van der Waals surface area contributed by atoms with Crippen LogP contribution in [0.4, 0.5) is 38.0 Å². The van der Waals surface area contributed by atoms with Crippen LogP contribution in [-0.4, -0.2) is 41.0 Å². The third-order valence-electron chi connectivity index (χ3n) is 6.03. The van der Waals surface area contributed by atoms with E-state index < -0.39 is 32.7 Å². The number of amides is 4. The first-order valence-corrected chi connectivity index (χ1v) is 16.0. The second-order valence-electron chi connectivity index (χ2n) is 9.15. The maximum absolute atomic E-state index is 12.7. The molecular formula is C27H18BrCl3N9O5S+. The number of H-pyrrole nitrogens is 1. The number of phenolic OH excluding ortho intramolecular Hbond substituents is 1. The minimum absolute atomic E-state index is 0.0227. The fourth-order valence-electron chi connectivity index (χ4n) is 4.01. The lowest BCUT2D eigenvalue weighted by Crippen LogP contribution is -2.20. The van der Waals surface area contributed by atoms with Gasteiger partial charge in [-0.2, -0.15) is 15.4 Å². The topological polar surface area (TPSA) is 209 Å². The number of hydrogen-bond donors (Lipinski definition) is 7. The van der Waals surface area contributed by atoms with Gasteiger partial charge in [0, 0.05) is 10.5 Å². The molecule has 46 heavy (non-hydrogen) atoms. The van der Waals surface area contributed by atoms with Crippen molar-refractivity contribution in [3.05, 3.63) is 90.6 Å². The van der Waals surface area contributed by atoms with Gasteiger partial charge in [-0.1, -0.05) is 46.9 Å². The van der Waals surface area contributed by atoms with Gasteiger partial charge >= 0.3 is 23.8 Å². The van der Waals surface area contributed by atoms with Crippen molar-refractivity contribution in [1.29, 1.82) is 0 Å². The number of nitrogens with zero attached hydrogens (tertiary/aromatic N) is 3. The summed E-state index contributed by atoms with van der Waals surface area (Å²) in [5.74, 6) is -0.854. The number of aromatic amines is 1. The molecule has 0 saturated heterocycles. The van der Waals surface area contributed by atoms with Crippen LogP contribution in [0.25, 0.3) is 15.9 Å². The number of para-hydroxylation sites is 1. The number of nitrogens with two attached hydrogens (primary N) is 1. The van der Waals surface area contributed by atoms with Gasteiger partial charge in [-0.3, -0.25) is 0 Å². The van der Waals surface area contributed by atoms with Gasteiger partial charge in [0.25, 0.3) is 0 Å². The van der Waals surface area contributed by atoms with Crippen LogP contribution in [0.1, 0.15) is 5.56 Å². The molecule has 0 atom stereocenters. The Balaban J connectivity index is 1.35. The normalized spacial score (nSPS) is 11.0. The van der Waals surface area contributed by atoms with Gasteiger partial charge in [0.15, 0.2) is 5.75 Å². The molecule has 0 unspecified atom stereocenters. The van der Waals surface area contributed by atoms with Crippen molar-refractivity contribution >= 4 is 112 Å². The van der Waals surface area contributed by atoms with Crippen LogP contribution in [0, 0.1) is 6.07 Å². The Morgan fingerprint density at radius 2 is 1.48 bits per heavy atom. The quantitative estimate of drug-likeness (QED) is 0.0905. The predicted molar refractivity (Wildman–Crippen MR) is 180 cm³/mol. The highest BCUT2D eigenvalue weighted by Gasteiger charge is 2.23. The number of carbonyl (C=O) groups is 2. The number of anilines is 4. The standard InChI is InChI=1S/C27H17BrCl3N9O5S/c28-14-3-1-2-4-17(14)34-26(42)35-18-7-5-12(22-23(18)39-40-38-22)11-33-13-9-16(30)21(31)20(10-13)37-27(43)36-19-8-6-15(29)25(24(19)41)46(32,44)45/h1-10H,(H7,32,34,35,36,37,38,39,40,41,42,43,44,45)/p+1. The van der Waals surface area contributed by atoms with Gasteiger partial charge in [-0.25, -0.2) is 23.1 Å². The Morgan fingerprint density at radius 3 is 2.20 bits per heavy atom. The van der Waals surface area contributed by atoms with Crippen LogP contribution in [0.15, 0.2) is 70.0 Å². The zero-order valence-electron chi connectivity index (χ0n) is 22.7. The molecule has 1 aromatic heterocycles. The molecule has 1 heterocycles. The highest BCUT2D eigenvalue weighted by molar-refractivity contribution is 9.10. The molecule has 0 aliphatic carbocycles. The fourth-order valence-corrected chi connectivity index (χ4v) is 5.96. The van der Waals surface area contributed by atoms with Crippen LogP contribution in [0.2, 0.25) is 15.1 Å². The lowest BCUT2D eigenvalue weighted by atomic mass is 10.1. The van der Waals surface area contributed by atoms with Crippen molar-refractivity contribution in [3.8, 4) is 11.8 Å². The van der Waals surface area contributed by atoms with E-state index in [1.54, 1.807) is 30.3 Å². The molecule has 5 rings (SSSR count). The number of hydrogen-bond acceptors (Lipinski definition) is 7. The molecule has 0 radical (unpaired) electrons. The summed E-state index contributed by atoms with van der Waals surface area (Å²) in [5.41, 5.74) is 1.98. The molecule has 4 amide bonds. The summed E-state index contributed by atoms with van der Waals surface area (Å²) < 4.78 is 24.3. The molecule has 0 aliphatic rings. The zero-order chi connectivity index (χ0) is 33.2. The summed E-state index contributed by atoms with van der Waals surface area (Å²) in [5, 5.41) is 36.1. The Kier molecular flexibility index (Phi) is 9.53. The van der Waals surface area contributed by atoms with E-state index in [2.05, 4.69) is 63.5 Å². The highest BCUT2D eigenvalue weighted by Crippen LogP contribution is 2.38. The second kappa shape index (κ2) is 13.4. The number of nitrogens with one attached hydrogen (secondary N) is 5. The van der Waals surface area contributed by atoms with E-state index in [4.69, 9.17) is 39.9 Å². The average Bonchev–Trinajstić information content (AvgIpc) is 3.48. The van der Waals surface area contributed by atoms with E-state index in [0.29, 0.717) is 32.4 Å². The number of fused-ring (bicyclic) bond motifs is 1. The third kappa shape index (κ3) is 7.26. The molecule has 14 nitrogen and oxygen atoms in total. The first-order chi connectivity index (χ1) is 21.8. The number of sulfonamides is 1. The Morgan fingerprint density at radius 1 is 0.848 bits per heavy atom. The number of halogens is 4. The van der Waals surface area contributed by atoms with Crippen LogP contribution < -0.4 is 26.4 Å². The van der Waals surface area contributed by atoms with Gasteiger partial charge in [-0.15, -0.1) is 0 Å². The number of urea groups is 2. The van der Waals surface area contributed by atoms with E-state index in [1.165, 1.54) is 18.2 Å². The van der Waals surface area contributed by atoms with Crippen molar-refractivity contribution in [2.45, 2.75) is 4.90 Å². The van der Waals surface area contributed by atoms with Gasteiger partial charge in [0.05, 0.1) is 43.9 Å². The fraction of sp³-hybridized carbons (Fsp3) is 0. The summed E-state index contributed by atoms with van der Waals surface area (Å²) in [6, 6.07) is 16.9. The minimum atomic E-state index is -4.40. The van der Waals surface area contributed by atoms with E-state index in [9.17, 15) is 23.1 Å². The van der Waals surface area contributed by atoms with Gasteiger partial charge in [0.1, 0.15) is 21.5 Å². The number of aromatic nitrogens is 3. The van der Waals surface area contributed by atoms with E-state index in [1.807, 2.05) is 6.07 Å². The van der Waals surface area contributed by atoms with Crippen molar-refractivity contribution < 1.29 is 23.1 Å². The first kappa shape index (κ1) is 32.8. The highest BCUT2D eigenvalue weighted by atomic mass is 79.9. The number of primary sulfonamides is 1. The number of benzene rings is 4. The van der Waals surface area contributed by atoms with Crippen molar-refractivity contribution in [2.75, 3.05) is 21.3 Å². The van der Waals surface area contributed by atoms with E-state index >= 15 is 0 Å². The lowest BCUT2D eigenvalue weighted by molar-refractivity contribution is 0.261. The molecule has 0 fully saturated rings. The second-order valence-corrected chi connectivity index (χ2v) is 12.7. The molecule has 19 heteroatoms. The lowest BCUT2D eigenvalue weighted by Gasteiger charge is -2.12. The van der Waals surface area contributed by atoms with Gasteiger partial charge in [-0.05, 0) is 57.2 Å². The van der Waals surface area contributed by atoms with Crippen LogP contribution >= 0.6 is 50.7 Å². The minimum Gasteiger partial charge on any atom is -0.504 e. The Labute approximate surface area is 283 Å². The molecule has 0 bridgehead atoms. The maximum atomic E-state index is 12.7. The summed E-state index contributed by atoms with van der Waals surface area (Å²) in [6.07, 6.45) is 0. The zero-order valence-corrected chi connectivity index (χ0v) is 27.4. The van der Waals surface area contributed by atoms with Crippen LogP contribution in [-0.2, 0) is 10.0 Å². The number of carbonyl (C=O) groups excluding carboxylic acids is 2. The van der Waals surface area contributed by atoms with Crippen molar-refractivity contribution in [2.24, 2.45) is 5.14 Å². The molecule has 234 valence electrons. The van der Waals surface area contributed by atoms with E-state index in [-0.39, 0.29) is 32.1 Å². The predicted octanol–water partition coefficient (Wildman–Crippen LogP) is 7.33. The maximum Gasteiger partial charge on any atom is 0.344 e. The molecule has 0 spiro atoms. The number of rotatable bonds is 5. The molecule has 5 aromatic rings. The molecule has 0 saturated carbocycles. The molecule has 8 N–H and O–H groups in total. The SMILES string of the molecule is NS(=O)(=O)c1c(Cl)ccc(NC(=O)Nc2cc([N+]#Cc3ccc(NC(=O)Nc4ccccc4Br)c4n[nH]nc34)cc(Cl)c2Cl)c1O.